The van der Waals surface area contributed by atoms with Crippen molar-refractivity contribution in [3.63, 3.8) is 0 Å². The van der Waals surface area contributed by atoms with Crippen LogP contribution in [0.4, 0.5) is 5.69 Å². The van der Waals surface area contributed by atoms with Crippen LogP contribution >= 0.6 is 0 Å². The summed E-state index contributed by atoms with van der Waals surface area (Å²) in [5.74, 6) is 0. The first-order valence-electron chi connectivity index (χ1n) is 8.43. The van der Waals surface area contributed by atoms with Gasteiger partial charge in [0, 0.05) is 30.2 Å². The van der Waals surface area contributed by atoms with Crippen molar-refractivity contribution in [2.75, 3.05) is 18.0 Å². The summed E-state index contributed by atoms with van der Waals surface area (Å²) in [6, 6.07) is 15.4. The quantitative estimate of drug-likeness (QED) is 0.528. The lowest BCUT2D eigenvalue weighted by molar-refractivity contribution is 0.552. The Labute approximate surface area is 143 Å². The van der Waals surface area contributed by atoms with Crippen molar-refractivity contribution in [3.8, 4) is 5.69 Å². The second-order valence-electron chi connectivity index (χ2n) is 6.33. The molecule has 0 bridgehead atoms. The molecule has 6 heteroatoms. The number of rotatable bonds is 2. The minimum absolute atomic E-state index is 0.370. The van der Waals surface area contributed by atoms with E-state index in [1.54, 1.807) is 0 Å². The summed E-state index contributed by atoms with van der Waals surface area (Å²) in [6.07, 6.45) is 2.42. The lowest BCUT2D eigenvalue weighted by Crippen LogP contribution is -2.17. The average molecular weight is 332 g/mol. The minimum atomic E-state index is -0.415. The highest BCUT2D eigenvalue weighted by molar-refractivity contribution is 5.83. The van der Waals surface area contributed by atoms with E-state index in [4.69, 9.17) is 4.42 Å². The number of fused-ring (bicyclic) bond motifs is 2. The monoisotopic (exact) mass is 332 g/mol. The van der Waals surface area contributed by atoms with Crippen molar-refractivity contribution in [2.24, 2.45) is 0 Å². The summed E-state index contributed by atoms with van der Waals surface area (Å²) in [4.78, 5) is 14.9. The average Bonchev–Trinajstić information content (AvgIpc) is 3.31. The van der Waals surface area contributed by atoms with E-state index >= 15 is 0 Å². The summed E-state index contributed by atoms with van der Waals surface area (Å²) in [6.45, 7) is 2.11. The molecule has 2 aromatic carbocycles. The molecule has 25 heavy (non-hydrogen) atoms. The Balaban J connectivity index is 1.66. The first-order valence-corrected chi connectivity index (χ1v) is 8.43. The zero-order chi connectivity index (χ0) is 16.8. The molecule has 0 spiro atoms. The number of hydrogen-bond donors (Lipinski definition) is 0. The summed E-state index contributed by atoms with van der Waals surface area (Å²) in [7, 11) is 0. The van der Waals surface area contributed by atoms with E-state index in [1.165, 1.54) is 17.5 Å². The third-order valence-corrected chi connectivity index (χ3v) is 4.75. The van der Waals surface area contributed by atoms with E-state index in [2.05, 4.69) is 21.3 Å². The molecule has 1 fully saturated rings. The third-order valence-electron chi connectivity index (χ3n) is 4.75. The minimum Gasteiger partial charge on any atom is -0.421 e. The largest absolute Gasteiger partial charge is 0.421 e. The van der Waals surface area contributed by atoms with Gasteiger partial charge in [-0.25, -0.2) is 9.48 Å². The maximum Gasteiger partial charge on any atom is 0.362 e. The van der Waals surface area contributed by atoms with E-state index < -0.39 is 5.63 Å². The summed E-state index contributed by atoms with van der Waals surface area (Å²) < 4.78 is 7.13. The van der Waals surface area contributed by atoms with Crippen LogP contribution in [-0.2, 0) is 0 Å². The molecule has 0 N–H and O–H groups in total. The van der Waals surface area contributed by atoms with Crippen LogP contribution in [0.1, 0.15) is 12.8 Å². The fourth-order valence-corrected chi connectivity index (χ4v) is 3.46. The van der Waals surface area contributed by atoms with Gasteiger partial charge in [-0.2, -0.15) is 0 Å². The molecule has 0 aliphatic carbocycles. The number of hydrogen-bond acceptors (Lipinski definition) is 5. The van der Waals surface area contributed by atoms with Crippen LogP contribution in [0.5, 0.6) is 0 Å². The molecule has 5 rings (SSSR count). The van der Waals surface area contributed by atoms with E-state index in [0.717, 1.165) is 35.2 Å². The molecule has 1 aliphatic rings. The van der Waals surface area contributed by atoms with Crippen LogP contribution in [-0.4, -0.2) is 28.1 Å². The van der Waals surface area contributed by atoms with Crippen molar-refractivity contribution >= 4 is 27.7 Å². The Morgan fingerprint density at radius 2 is 1.84 bits per heavy atom. The van der Waals surface area contributed by atoms with Gasteiger partial charge >= 0.3 is 5.63 Å². The molecule has 0 saturated carbocycles. The van der Waals surface area contributed by atoms with Crippen LogP contribution in [0.15, 0.2) is 57.7 Å². The normalized spacial score (nSPS) is 14.6. The number of anilines is 1. The summed E-state index contributed by atoms with van der Waals surface area (Å²) >= 11 is 0. The first kappa shape index (κ1) is 14.2. The highest BCUT2D eigenvalue weighted by atomic mass is 16.4. The van der Waals surface area contributed by atoms with Gasteiger partial charge in [0.05, 0.1) is 5.52 Å². The summed E-state index contributed by atoms with van der Waals surface area (Å²) in [5, 5.41) is 9.09. The molecule has 0 atom stereocenters. The molecule has 4 aromatic rings. The molecule has 1 saturated heterocycles. The Hall–Kier alpha value is -3.15. The number of aromatic nitrogens is 3. The Morgan fingerprint density at radius 1 is 1.00 bits per heavy atom. The van der Waals surface area contributed by atoms with Crippen LogP contribution in [0.2, 0.25) is 0 Å². The van der Waals surface area contributed by atoms with Crippen LogP contribution in [0.25, 0.3) is 27.7 Å². The van der Waals surface area contributed by atoms with E-state index in [0.29, 0.717) is 11.3 Å². The lowest BCUT2D eigenvalue weighted by Gasteiger charge is -2.17. The fourth-order valence-electron chi connectivity index (χ4n) is 3.46. The summed E-state index contributed by atoms with van der Waals surface area (Å²) in [5.41, 5.74) is 3.18. The predicted octanol–water partition coefficient (Wildman–Crippen LogP) is 3.13. The SMILES string of the molecule is O=c1oc2cc(N3CCCC3)ccc2cc1-n1nnc2ccccc21. The molecule has 0 amide bonds. The first-order chi connectivity index (χ1) is 12.3. The van der Waals surface area contributed by atoms with Crippen molar-refractivity contribution < 1.29 is 4.42 Å². The van der Waals surface area contributed by atoms with E-state index in [9.17, 15) is 4.79 Å². The maximum absolute atomic E-state index is 12.5. The Kier molecular flexibility index (Phi) is 3.09. The molecule has 6 nitrogen and oxygen atoms in total. The van der Waals surface area contributed by atoms with Crippen molar-refractivity contribution in [2.45, 2.75) is 12.8 Å². The van der Waals surface area contributed by atoms with E-state index in [1.807, 2.05) is 42.5 Å². The number of para-hydroxylation sites is 1. The molecule has 3 heterocycles. The topological polar surface area (TPSA) is 64.2 Å². The van der Waals surface area contributed by atoms with Crippen molar-refractivity contribution in [3.05, 3.63) is 59.0 Å². The van der Waals surface area contributed by atoms with Gasteiger partial charge < -0.3 is 9.32 Å². The zero-order valence-electron chi connectivity index (χ0n) is 13.6. The highest BCUT2D eigenvalue weighted by Gasteiger charge is 2.15. The van der Waals surface area contributed by atoms with Gasteiger partial charge in [0.15, 0.2) is 5.69 Å². The van der Waals surface area contributed by atoms with Gasteiger partial charge in [-0.1, -0.05) is 17.3 Å². The lowest BCUT2D eigenvalue weighted by atomic mass is 10.2. The fraction of sp³-hybridized carbons (Fsp3) is 0.211. The van der Waals surface area contributed by atoms with Gasteiger partial charge in [0.1, 0.15) is 11.1 Å². The molecular formula is C19H16N4O2. The Bertz CT molecular complexity index is 1140. The van der Waals surface area contributed by atoms with Gasteiger partial charge in [0.25, 0.3) is 0 Å². The van der Waals surface area contributed by atoms with Gasteiger partial charge in [-0.05, 0) is 43.2 Å². The van der Waals surface area contributed by atoms with Crippen LogP contribution in [0, 0.1) is 0 Å². The number of nitrogens with zero attached hydrogens (tertiary/aromatic N) is 4. The smallest absolute Gasteiger partial charge is 0.362 e. The molecular weight excluding hydrogens is 316 g/mol. The van der Waals surface area contributed by atoms with Crippen LogP contribution in [0.3, 0.4) is 0 Å². The third kappa shape index (κ3) is 2.29. The van der Waals surface area contributed by atoms with Crippen molar-refractivity contribution in [1.29, 1.82) is 0 Å². The zero-order valence-corrected chi connectivity index (χ0v) is 13.6. The molecule has 124 valence electrons. The standard InChI is InChI=1S/C19H16N4O2/c24-19-17(23-16-6-2-1-5-15(16)20-21-23)11-13-7-8-14(12-18(13)25-19)22-9-3-4-10-22/h1-2,5-8,11-12H,3-4,9-10H2. The van der Waals surface area contributed by atoms with Crippen molar-refractivity contribution in [1.82, 2.24) is 15.0 Å². The second-order valence-corrected chi connectivity index (χ2v) is 6.33. The Morgan fingerprint density at radius 3 is 2.72 bits per heavy atom. The number of benzene rings is 2. The molecule has 0 radical (unpaired) electrons. The predicted molar refractivity (Wildman–Crippen MR) is 96.4 cm³/mol. The maximum atomic E-state index is 12.5. The van der Waals surface area contributed by atoms with Gasteiger partial charge in [0.2, 0.25) is 0 Å². The highest BCUT2D eigenvalue weighted by Crippen LogP contribution is 2.26. The van der Waals surface area contributed by atoms with Gasteiger partial charge in [-0.3, -0.25) is 0 Å². The van der Waals surface area contributed by atoms with Gasteiger partial charge in [-0.15, -0.1) is 5.10 Å². The molecule has 2 aromatic heterocycles. The second kappa shape index (κ2) is 5.44. The van der Waals surface area contributed by atoms with E-state index in [-0.39, 0.29) is 0 Å². The molecule has 0 unspecified atom stereocenters. The molecule has 1 aliphatic heterocycles. The van der Waals surface area contributed by atoms with Crippen LogP contribution < -0.4 is 10.5 Å².